The molecule has 2 unspecified atom stereocenters. The number of fused-ring (bicyclic) bond motifs is 2. The van der Waals surface area contributed by atoms with Gasteiger partial charge in [0.05, 0.1) is 0 Å². The summed E-state index contributed by atoms with van der Waals surface area (Å²) in [5.74, 6) is 0. The first-order valence-electron chi connectivity index (χ1n) is 9.75. The van der Waals surface area contributed by atoms with Crippen molar-refractivity contribution in [2.45, 2.75) is 96.9 Å². The molecular weight excluding hydrogens is 288 g/mol. The normalized spacial score (nSPS) is 39.8. The number of rotatable bonds is 0. The maximum Gasteiger partial charge on any atom is 0.0149 e. The van der Waals surface area contributed by atoms with Crippen LogP contribution in [0.1, 0.15) is 96.9 Å². The molecule has 0 amide bonds. The monoisotopic (exact) mass is 330 g/mol. The van der Waals surface area contributed by atoms with Crippen molar-refractivity contribution in [3.63, 3.8) is 0 Å². The molecule has 0 radical (unpaired) electrons. The number of hydrogen-bond donors (Lipinski definition) is 0. The Morgan fingerprint density at radius 3 is 1.12 bits per heavy atom. The Hall–Kier alpha value is -0.520. The summed E-state index contributed by atoms with van der Waals surface area (Å²) >= 11 is 0. The molecule has 0 fully saturated rings. The summed E-state index contributed by atoms with van der Waals surface area (Å²) in [6, 6.07) is 0. The van der Waals surface area contributed by atoms with Gasteiger partial charge in [0, 0.05) is 5.41 Å². The van der Waals surface area contributed by atoms with E-state index in [1.165, 1.54) is 0 Å². The van der Waals surface area contributed by atoms with Crippen LogP contribution in [0.25, 0.3) is 0 Å². The van der Waals surface area contributed by atoms with Gasteiger partial charge in [-0.2, -0.15) is 0 Å². The van der Waals surface area contributed by atoms with Crippen LogP contribution < -0.4 is 0 Å². The molecule has 0 aromatic carbocycles. The van der Waals surface area contributed by atoms with Crippen LogP contribution >= 0.6 is 0 Å². The molecule has 2 aliphatic rings. The molecule has 0 heterocycles. The molecule has 0 aromatic heterocycles. The fraction of sp³-hybridized carbons (Fsp3) is 0.833. The molecule has 2 aliphatic carbocycles. The van der Waals surface area contributed by atoms with Crippen molar-refractivity contribution in [2.24, 2.45) is 32.5 Å². The Bertz CT molecular complexity index is 648. The third-order valence-electron chi connectivity index (χ3n) is 11.1. The molecule has 0 aliphatic heterocycles. The van der Waals surface area contributed by atoms with E-state index in [0.29, 0.717) is 0 Å². The van der Waals surface area contributed by atoms with Crippen LogP contribution in [0.4, 0.5) is 0 Å². The fourth-order valence-electron chi connectivity index (χ4n) is 7.22. The topological polar surface area (TPSA) is 0 Å². The molecule has 2 bridgehead atoms. The average Bonchev–Trinajstić information content (AvgIpc) is 2.48. The van der Waals surface area contributed by atoms with Crippen molar-refractivity contribution in [3.05, 3.63) is 22.3 Å². The van der Waals surface area contributed by atoms with Gasteiger partial charge in [-0.3, -0.25) is 0 Å². The summed E-state index contributed by atoms with van der Waals surface area (Å²) in [6.07, 6.45) is 0. The fourth-order valence-corrected chi connectivity index (χ4v) is 7.22. The third kappa shape index (κ3) is 1.54. The molecule has 0 heteroatoms. The third-order valence-corrected chi connectivity index (χ3v) is 11.1. The highest BCUT2D eigenvalue weighted by Gasteiger charge is 2.72. The Labute approximate surface area is 152 Å². The maximum atomic E-state index is 2.59. The van der Waals surface area contributed by atoms with Crippen LogP contribution in [0, 0.1) is 32.5 Å². The van der Waals surface area contributed by atoms with Gasteiger partial charge in [0.2, 0.25) is 0 Å². The SMILES string of the molecule is CC1=C(C)C2(C)C(C)=C(C)C(C)(C)C(C)(C(C)(C)C1(C)C)C2(C)C. The lowest BCUT2D eigenvalue weighted by Crippen LogP contribution is -2.65. The van der Waals surface area contributed by atoms with E-state index in [4.69, 9.17) is 0 Å². The van der Waals surface area contributed by atoms with Crippen LogP contribution in [0.15, 0.2) is 22.3 Å². The van der Waals surface area contributed by atoms with Crippen LogP contribution in [0.5, 0.6) is 0 Å². The van der Waals surface area contributed by atoms with E-state index in [1.807, 2.05) is 0 Å². The van der Waals surface area contributed by atoms with Gasteiger partial charge in [-0.05, 0) is 54.8 Å². The van der Waals surface area contributed by atoms with Gasteiger partial charge >= 0.3 is 0 Å². The quantitative estimate of drug-likeness (QED) is 0.397. The maximum absolute atomic E-state index is 2.59. The summed E-state index contributed by atoms with van der Waals surface area (Å²) in [6.45, 7) is 34.9. The molecular formula is C24H42. The average molecular weight is 331 g/mol. The van der Waals surface area contributed by atoms with Gasteiger partial charge < -0.3 is 0 Å². The molecule has 2 rings (SSSR count). The van der Waals surface area contributed by atoms with Crippen LogP contribution in [-0.2, 0) is 0 Å². The predicted octanol–water partition coefficient (Wildman–Crippen LogP) is 7.80. The lowest BCUT2D eigenvalue weighted by atomic mass is 9.32. The minimum absolute atomic E-state index is 0.108. The summed E-state index contributed by atoms with van der Waals surface area (Å²) in [7, 11) is 0. The predicted molar refractivity (Wildman–Crippen MR) is 108 cm³/mol. The van der Waals surface area contributed by atoms with Gasteiger partial charge in [0.15, 0.2) is 0 Å². The summed E-state index contributed by atoms with van der Waals surface area (Å²) in [5.41, 5.74) is 7.30. The first-order chi connectivity index (χ1) is 10.4. The summed E-state index contributed by atoms with van der Waals surface area (Å²) in [5, 5.41) is 0. The largest absolute Gasteiger partial charge is 0.0673 e. The molecule has 0 N–H and O–H groups in total. The summed E-state index contributed by atoms with van der Waals surface area (Å²) < 4.78 is 0. The minimum atomic E-state index is 0.108. The Kier molecular flexibility index (Phi) is 3.80. The zero-order chi connectivity index (χ0) is 19.3. The second-order valence-corrected chi connectivity index (χ2v) is 11.2. The van der Waals surface area contributed by atoms with Crippen LogP contribution in [0.2, 0.25) is 0 Å². The van der Waals surface area contributed by atoms with E-state index < -0.39 is 0 Å². The Balaban J connectivity index is 3.20. The lowest BCUT2D eigenvalue weighted by Gasteiger charge is -2.71. The number of hydrogen-bond acceptors (Lipinski definition) is 0. The molecule has 0 saturated heterocycles. The second-order valence-electron chi connectivity index (χ2n) is 11.2. The van der Waals surface area contributed by atoms with Gasteiger partial charge in [0.1, 0.15) is 0 Å². The summed E-state index contributed by atoms with van der Waals surface area (Å²) in [4.78, 5) is 0. The first-order valence-corrected chi connectivity index (χ1v) is 9.75. The van der Waals surface area contributed by atoms with Crippen molar-refractivity contribution < 1.29 is 0 Å². The van der Waals surface area contributed by atoms with E-state index in [0.717, 1.165) is 0 Å². The Morgan fingerprint density at radius 2 is 0.750 bits per heavy atom. The molecule has 24 heavy (non-hydrogen) atoms. The van der Waals surface area contributed by atoms with Crippen molar-refractivity contribution in [2.75, 3.05) is 0 Å². The zero-order valence-corrected chi connectivity index (χ0v) is 19.0. The van der Waals surface area contributed by atoms with Gasteiger partial charge in [-0.1, -0.05) is 91.5 Å². The number of allylic oxidation sites excluding steroid dienone is 4. The molecule has 0 spiro atoms. The molecule has 138 valence electrons. The van der Waals surface area contributed by atoms with E-state index in [9.17, 15) is 0 Å². The smallest absolute Gasteiger partial charge is 0.0149 e. The molecule has 0 aromatic rings. The Morgan fingerprint density at radius 1 is 0.417 bits per heavy atom. The van der Waals surface area contributed by atoms with Crippen LogP contribution in [-0.4, -0.2) is 0 Å². The lowest BCUT2D eigenvalue weighted by molar-refractivity contribution is -0.187. The highest BCUT2D eigenvalue weighted by molar-refractivity contribution is 5.47. The highest BCUT2D eigenvalue weighted by Crippen LogP contribution is 2.79. The van der Waals surface area contributed by atoms with Crippen molar-refractivity contribution in [3.8, 4) is 0 Å². The zero-order valence-electron chi connectivity index (χ0n) is 19.0. The molecule has 0 saturated carbocycles. The second kappa shape index (κ2) is 4.60. The van der Waals surface area contributed by atoms with Gasteiger partial charge in [0.25, 0.3) is 0 Å². The molecule has 0 nitrogen and oxygen atoms in total. The van der Waals surface area contributed by atoms with E-state index in [-0.39, 0.29) is 32.5 Å². The van der Waals surface area contributed by atoms with Crippen molar-refractivity contribution in [1.82, 2.24) is 0 Å². The van der Waals surface area contributed by atoms with E-state index in [1.54, 1.807) is 22.3 Å². The van der Waals surface area contributed by atoms with Gasteiger partial charge in [-0.25, -0.2) is 0 Å². The van der Waals surface area contributed by atoms with Crippen LogP contribution in [0.3, 0.4) is 0 Å². The minimum Gasteiger partial charge on any atom is -0.0673 e. The first kappa shape index (κ1) is 19.8. The van der Waals surface area contributed by atoms with Gasteiger partial charge in [-0.15, -0.1) is 0 Å². The van der Waals surface area contributed by atoms with E-state index >= 15 is 0 Å². The standard InChI is InChI=1S/C24H42/c1-15-17(3)23(13)18(4)16(2)20(7,8)24(14,22(23,11)12)21(9,10)19(15,5)6/h1-14H3. The van der Waals surface area contributed by atoms with E-state index in [2.05, 4.69) is 96.9 Å². The molecule has 2 atom stereocenters. The van der Waals surface area contributed by atoms with Crippen molar-refractivity contribution >= 4 is 0 Å². The van der Waals surface area contributed by atoms with Crippen molar-refractivity contribution in [1.29, 1.82) is 0 Å². The highest BCUT2D eigenvalue weighted by atomic mass is 14.8.